The van der Waals surface area contributed by atoms with E-state index in [0.717, 1.165) is 12.8 Å². The minimum absolute atomic E-state index is 0.0194. The molecule has 1 saturated carbocycles. The van der Waals surface area contributed by atoms with Crippen molar-refractivity contribution >= 4 is 11.6 Å². The molecule has 86 valence electrons. The van der Waals surface area contributed by atoms with Gasteiger partial charge in [0.1, 0.15) is 11.6 Å². The molecular formula is C12H11N3O2. The van der Waals surface area contributed by atoms with Crippen LogP contribution in [0, 0.1) is 11.3 Å². The summed E-state index contributed by atoms with van der Waals surface area (Å²) in [4.78, 5) is 15.5. The van der Waals surface area contributed by atoms with E-state index < -0.39 is 5.91 Å². The number of rotatable bonds is 3. The van der Waals surface area contributed by atoms with Crippen LogP contribution in [-0.4, -0.2) is 16.0 Å². The number of hydrogen-bond acceptors (Lipinski definition) is 4. The van der Waals surface area contributed by atoms with E-state index in [-0.39, 0.29) is 22.9 Å². The van der Waals surface area contributed by atoms with E-state index in [4.69, 9.17) is 5.26 Å². The van der Waals surface area contributed by atoms with Gasteiger partial charge < -0.3 is 10.4 Å². The lowest BCUT2D eigenvalue weighted by atomic mass is 10.2. The molecule has 5 nitrogen and oxygen atoms in total. The molecule has 2 N–H and O–H groups in total. The second-order valence-electron chi connectivity index (χ2n) is 3.91. The number of carbonyl (C=O) groups excluding carboxylic acids is 1. The zero-order chi connectivity index (χ0) is 12.4. The van der Waals surface area contributed by atoms with Gasteiger partial charge >= 0.3 is 0 Å². The molecule has 0 bridgehead atoms. The third kappa shape index (κ3) is 2.26. The monoisotopic (exact) mass is 229 g/mol. The van der Waals surface area contributed by atoms with Crippen molar-refractivity contribution in [2.75, 3.05) is 5.32 Å². The van der Waals surface area contributed by atoms with Crippen LogP contribution in [0.3, 0.4) is 0 Å². The van der Waals surface area contributed by atoms with Gasteiger partial charge in [-0.1, -0.05) is 6.58 Å². The Morgan fingerprint density at radius 1 is 1.65 bits per heavy atom. The summed E-state index contributed by atoms with van der Waals surface area (Å²) in [7, 11) is 0. The highest BCUT2D eigenvalue weighted by Gasteiger charge is 2.29. The maximum absolute atomic E-state index is 11.4. The maximum Gasteiger partial charge on any atom is 0.265 e. The van der Waals surface area contributed by atoms with Crippen molar-refractivity contribution in [3.05, 3.63) is 30.1 Å². The van der Waals surface area contributed by atoms with Crippen molar-refractivity contribution in [3.8, 4) is 11.8 Å². The normalized spacial score (nSPS) is 13.8. The second-order valence-corrected chi connectivity index (χ2v) is 3.91. The first-order chi connectivity index (χ1) is 8.13. The number of aromatic hydroxyl groups is 1. The van der Waals surface area contributed by atoms with Crippen LogP contribution in [0.15, 0.2) is 24.4 Å². The third-order valence-electron chi connectivity index (χ3n) is 2.57. The lowest BCUT2D eigenvalue weighted by molar-refractivity contribution is -0.112. The van der Waals surface area contributed by atoms with E-state index in [0.29, 0.717) is 5.69 Å². The molecule has 5 heteroatoms. The van der Waals surface area contributed by atoms with Gasteiger partial charge in [-0.2, -0.15) is 5.26 Å². The molecule has 0 atom stereocenters. The highest BCUT2D eigenvalue weighted by molar-refractivity contribution is 6.06. The number of aromatic nitrogens is 1. The first-order valence-electron chi connectivity index (χ1n) is 5.21. The fraction of sp³-hybridized carbons (Fsp3) is 0.250. The molecule has 1 fully saturated rings. The predicted molar refractivity (Wildman–Crippen MR) is 61.3 cm³/mol. The number of nitrogens with one attached hydrogen (secondary N) is 1. The molecule has 0 aliphatic heterocycles. The summed E-state index contributed by atoms with van der Waals surface area (Å²) < 4.78 is 0. The van der Waals surface area contributed by atoms with E-state index >= 15 is 0 Å². The molecule has 1 amide bonds. The molecule has 0 unspecified atom stereocenters. The van der Waals surface area contributed by atoms with E-state index in [1.54, 1.807) is 6.07 Å². The summed E-state index contributed by atoms with van der Waals surface area (Å²) in [6.07, 6.45) is 3.53. The van der Waals surface area contributed by atoms with Crippen LogP contribution >= 0.6 is 0 Å². The average molecular weight is 229 g/mol. The van der Waals surface area contributed by atoms with E-state index in [1.165, 1.54) is 12.3 Å². The number of anilines is 1. The second kappa shape index (κ2) is 4.26. The summed E-state index contributed by atoms with van der Waals surface area (Å²) >= 11 is 0. The molecular weight excluding hydrogens is 218 g/mol. The molecule has 1 aliphatic rings. The van der Waals surface area contributed by atoms with Gasteiger partial charge in [0, 0.05) is 12.1 Å². The minimum Gasteiger partial charge on any atom is -0.504 e. The Balaban J connectivity index is 2.22. The lowest BCUT2D eigenvalue weighted by Gasteiger charge is -2.08. The summed E-state index contributed by atoms with van der Waals surface area (Å²) in [6.45, 7) is 3.30. The Bertz CT molecular complexity index is 527. The number of amides is 1. The van der Waals surface area contributed by atoms with Crippen molar-refractivity contribution in [1.82, 2.24) is 4.98 Å². The van der Waals surface area contributed by atoms with Crippen LogP contribution in [-0.2, 0) is 4.79 Å². The van der Waals surface area contributed by atoms with Crippen LogP contribution in [0.2, 0.25) is 0 Å². The smallest absolute Gasteiger partial charge is 0.265 e. The predicted octanol–water partition coefficient (Wildman–Crippen LogP) is 1.68. The average Bonchev–Trinajstić information content (AvgIpc) is 3.14. The molecule has 1 aliphatic carbocycles. The zero-order valence-electron chi connectivity index (χ0n) is 9.10. The lowest BCUT2D eigenvalue weighted by Crippen LogP contribution is -2.13. The molecule has 1 aromatic heterocycles. The zero-order valence-corrected chi connectivity index (χ0v) is 9.10. The van der Waals surface area contributed by atoms with Gasteiger partial charge in [-0.05, 0) is 18.9 Å². The van der Waals surface area contributed by atoms with Crippen LogP contribution < -0.4 is 5.32 Å². The summed E-state index contributed by atoms with van der Waals surface area (Å²) in [5, 5.41) is 20.9. The Hall–Kier alpha value is -2.35. The van der Waals surface area contributed by atoms with Gasteiger partial charge in [-0.25, -0.2) is 0 Å². The van der Waals surface area contributed by atoms with Crippen molar-refractivity contribution in [2.45, 2.75) is 18.8 Å². The van der Waals surface area contributed by atoms with Crippen molar-refractivity contribution in [3.63, 3.8) is 0 Å². The fourth-order valence-corrected chi connectivity index (χ4v) is 1.48. The number of hydrogen-bond donors (Lipinski definition) is 2. The molecule has 17 heavy (non-hydrogen) atoms. The van der Waals surface area contributed by atoms with Crippen LogP contribution in [0.25, 0.3) is 0 Å². The topological polar surface area (TPSA) is 86.0 Å². The standard InChI is InChI=1S/C12H11N3O2/c1-7(6-13)12(17)15-9-4-5-14-10(11(9)16)8-2-3-8/h4-5,8,16H,1-3H2,(H,14,15,17). The summed E-state index contributed by atoms with van der Waals surface area (Å²) in [5.74, 6) is -0.351. The molecule has 1 aromatic rings. The molecule has 1 heterocycles. The van der Waals surface area contributed by atoms with Crippen LogP contribution in [0.5, 0.6) is 5.75 Å². The Morgan fingerprint density at radius 3 is 2.94 bits per heavy atom. The van der Waals surface area contributed by atoms with Gasteiger partial charge in [0.15, 0.2) is 5.75 Å². The summed E-state index contributed by atoms with van der Waals surface area (Å²) in [5.41, 5.74) is 0.669. The number of nitrogens with zero attached hydrogens (tertiary/aromatic N) is 2. The Kier molecular flexibility index (Phi) is 2.79. The number of pyridine rings is 1. The van der Waals surface area contributed by atoms with Gasteiger partial charge in [0.25, 0.3) is 5.91 Å². The van der Waals surface area contributed by atoms with Gasteiger partial charge in [-0.15, -0.1) is 0 Å². The van der Waals surface area contributed by atoms with Gasteiger partial charge in [0.05, 0.1) is 11.4 Å². The largest absolute Gasteiger partial charge is 0.504 e. The maximum atomic E-state index is 11.4. The van der Waals surface area contributed by atoms with E-state index in [9.17, 15) is 9.90 Å². The Morgan fingerprint density at radius 2 is 2.35 bits per heavy atom. The quantitative estimate of drug-likeness (QED) is 0.610. The minimum atomic E-state index is -0.615. The number of carbonyl (C=O) groups is 1. The van der Waals surface area contributed by atoms with Crippen LogP contribution in [0.1, 0.15) is 24.5 Å². The van der Waals surface area contributed by atoms with Crippen molar-refractivity contribution in [2.24, 2.45) is 0 Å². The van der Waals surface area contributed by atoms with Crippen molar-refractivity contribution < 1.29 is 9.90 Å². The van der Waals surface area contributed by atoms with E-state index in [1.807, 2.05) is 0 Å². The number of nitriles is 1. The van der Waals surface area contributed by atoms with Gasteiger partial charge in [-0.3, -0.25) is 9.78 Å². The summed E-state index contributed by atoms with van der Waals surface area (Å²) in [6, 6.07) is 3.14. The highest BCUT2D eigenvalue weighted by Crippen LogP contribution is 2.44. The van der Waals surface area contributed by atoms with Crippen LogP contribution in [0.4, 0.5) is 5.69 Å². The third-order valence-corrected chi connectivity index (χ3v) is 2.57. The molecule has 0 radical (unpaired) electrons. The van der Waals surface area contributed by atoms with Crippen molar-refractivity contribution in [1.29, 1.82) is 5.26 Å². The fourth-order valence-electron chi connectivity index (χ4n) is 1.48. The van der Waals surface area contributed by atoms with E-state index in [2.05, 4.69) is 16.9 Å². The first kappa shape index (κ1) is 11.1. The Labute approximate surface area is 98.4 Å². The molecule has 0 spiro atoms. The first-order valence-corrected chi connectivity index (χ1v) is 5.21. The van der Waals surface area contributed by atoms with Gasteiger partial charge in [0.2, 0.25) is 0 Å². The highest BCUT2D eigenvalue weighted by atomic mass is 16.3. The molecule has 0 aromatic carbocycles. The molecule has 2 rings (SSSR count). The SMILES string of the molecule is C=C(C#N)C(=O)Nc1ccnc(C2CC2)c1O. The molecule has 0 saturated heterocycles.